The van der Waals surface area contributed by atoms with Crippen LogP contribution in [-0.2, 0) is 12.2 Å². The van der Waals surface area contributed by atoms with Crippen molar-refractivity contribution in [2.24, 2.45) is 0 Å². The van der Waals surface area contributed by atoms with E-state index in [2.05, 4.69) is 0 Å². The molecule has 0 saturated heterocycles. The van der Waals surface area contributed by atoms with E-state index in [9.17, 15) is 97.0 Å². The Bertz CT molecular complexity index is 4110. The van der Waals surface area contributed by atoms with Crippen LogP contribution in [0.3, 0.4) is 0 Å². The standard InChI is InChI=1S/C60H48O24/c61-23-13-34(71)42-40(14-23)80-54(20-2-6-26(63)31(68)10-20)51(77)48(42)45-36(73)17-37(74)46-50-47-41(83-60(59(50)79,84-58(45)46)22-4-8-28(65)33(70)12-22)18-38(75)44-49(52(78)55(82-57(44)47)21-3-7-27(64)32(69)11-21)43-35(72)16-29(66)24-15-39(76)53(81-56(24)43)19-1-5-25(62)30(67)9-19/h1-14,16-18,39,48-55,59,61-79H,15H2/t39-,48-,49+,50-,51-,52-,53-,54-,55+,59-,60-/m1/s1. The number of benzene rings is 8. The van der Waals surface area contributed by atoms with Crippen LogP contribution in [0.4, 0.5) is 0 Å². The molecule has 24 heteroatoms. The van der Waals surface area contributed by atoms with Crippen LogP contribution >= 0.6 is 0 Å². The molecule has 0 aliphatic carbocycles. The Hall–Kier alpha value is -10.4. The number of rotatable bonds is 6. The van der Waals surface area contributed by atoms with Crippen molar-refractivity contribution in [3.63, 3.8) is 0 Å². The van der Waals surface area contributed by atoms with Gasteiger partial charge in [-0.15, -0.1) is 0 Å². The molecule has 5 aliphatic rings. The number of phenols is 15. The molecule has 84 heavy (non-hydrogen) atoms. The second kappa shape index (κ2) is 18.6. The van der Waals surface area contributed by atoms with Crippen molar-refractivity contribution < 1.29 is 121 Å². The average Bonchev–Trinajstić information content (AvgIpc) is 0.890. The summed E-state index contributed by atoms with van der Waals surface area (Å²) in [4.78, 5) is 0. The maximum Gasteiger partial charge on any atom is 0.305 e. The fraction of sp³-hybridized carbons (Fsp3) is 0.200. The predicted molar refractivity (Wildman–Crippen MR) is 283 cm³/mol. The highest BCUT2D eigenvalue weighted by atomic mass is 16.7. The average molecular weight is 1150 g/mol. The quantitative estimate of drug-likeness (QED) is 0.0889. The zero-order valence-electron chi connectivity index (χ0n) is 42.8. The highest BCUT2D eigenvalue weighted by Crippen LogP contribution is 2.68. The van der Waals surface area contributed by atoms with E-state index in [1.807, 2.05) is 0 Å². The molecular formula is C60H48O24. The zero-order chi connectivity index (χ0) is 59.4. The van der Waals surface area contributed by atoms with Gasteiger partial charge in [-0.25, -0.2) is 0 Å². The van der Waals surface area contributed by atoms with E-state index < -0.39 is 193 Å². The van der Waals surface area contributed by atoms with E-state index in [1.165, 1.54) is 24.3 Å². The highest BCUT2D eigenvalue weighted by molar-refractivity contribution is 5.74. The largest absolute Gasteiger partial charge is 0.508 e. The van der Waals surface area contributed by atoms with Crippen LogP contribution in [0.1, 0.15) is 97.3 Å². The molecule has 13 rings (SSSR count). The lowest BCUT2D eigenvalue weighted by Gasteiger charge is -2.52. The van der Waals surface area contributed by atoms with Gasteiger partial charge in [0.15, 0.2) is 58.2 Å². The fourth-order valence-electron chi connectivity index (χ4n) is 12.5. The van der Waals surface area contributed by atoms with Crippen molar-refractivity contribution in [1.29, 1.82) is 0 Å². The van der Waals surface area contributed by atoms with Crippen LogP contribution in [0, 0.1) is 0 Å². The second-order valence-electron chi connectivity index (χ2n) is 21.2. The number of fused-ring (bicyclic) bond motifs is 10. The normalized spacial score (nSPS) is 25.1. The van der Waals surface area contributed by atoms with Crippen molar-refractivity contribution in [3.05, 3.63) is 164 Å². The minimum absolute atomic E-state index is 0.0134. The van der Waals surface area contributed by atoms with E-state index >= 15 is 0 Å². The number of hydrogen-bond acceptors (Lipinski definition) is 24. The van der Waals surface area contributed by atoms with Gasteiger partial charge < -0.3 is 121 Å². The molecule has 11 atom stereocenters. The summed E-state index contributed by atoms with van der Waals surface area (Å²) >= 11 is 0. The van der Waals surface area contributed by atoms with Crippen molar-refractivity contribution in [2.45, 2.75) is 72.7 Å². The van der Waals surface area contributed by atoms with E-state index in [0.29, 0.717) is 0 Å². The molecule has 5 heterocycles. The molecule has 24 nitrogen and oxygen atoms in total. The molecule has 0 radical (unpaired) electrons. The van der Waals surface area contributed by atoms with Gasteiger partial charge >= 0.3 is 5.79 Å². The Balaban J connectivity index is 1.09. The van der Waals surface area contributed by atoms with Gasteiger partial charge in [0.2, 0.25) is 0 Å². The monoisotopic (exact) mass is 1150 g/mol. The Labute approximate surface area is 471 Å². The van der Waals surface area contributed by atoms with Gasteiger partial charge in [0, 0.05) is 81.3 Å². The number of aliphatic hydroxyl groups is 4. The summed E-state index contributed by atoms with van der Waals surface area (Å²) < 4.78 is 32.9. The maximum absolute atomic E-state index is 13.2. The summed E-state index contributed by atoms with van der Waals surface area (Å²) in [5, 5.41) is 218. The Morgan fingerprint density at radius 3 is 1.36 bits per heavy atom. The van der Waals surface area contributed by atoms with E-state index in [4.69, 9.17) is 23.7 Å². The van der Waals surface area contributed by atoms with Crippen LogP contribution in [0.5, 0.6) is 115 Å². The van der Waals surface area contributed by atoms with E-state index in [-0.39, 0.29) is 56.0 Å². The SMILES string of the molecule is Oc1cc(O)c2c(c1)O[C@H](c1ccc(O)c(O)c1)[C@H](O)[C@H]2c1c(O)cc(O)c2c1O[C@@]1(c3ccc(O)c(O)c3)Oc3cc(O)c4c(c3[C@@H]2[C@H]1O)O[C@@H](c1ccc(O)c(O)c1)[C@H](O)[C@H]4c1c(O)cc(O)c2c1O[C@H](c1ccc(O)c(O)c1)[C@H](O)C2. The van der Waals surface area contributed by atoms with Crippen molar-refractivity contribution in [3.8, 4) is 115 Å². The number of ether oxygens (including phenoxy) is 5. The summed E-state index contributed by atoms with van der Waals surface area (Å²) in [6.07, 6.45) is -12.8. The van der Waals surface area contributed by atoms with Crippen LogP contribution in [0.25, 0.3) is 0 Å². The Kier molecular flexibility index (Phi) is 11.7. The number of hydrogen-bond donors (Lipinski definition) is 19. The first kappa shape index (κ1) is 52.9. The first-order valence-electron chi connectivity index (χ1n) is 25.8. The molecular weight excluding hydrogens is 1100 g/mol. The lowest BCUT2D eigenvalue weighted by molar-refractivity contribution is -0.219. The molecule has 8 aromatic rings. The number of phenolic OH excluding ortho intramolecular Hbond substituents is 15. The molecule has 5 aliphatic heterocycles. The Morgan fingerprint density at radius 1 is 0.333 bits per heavy atom. The number of aliphatic hydroxyl groups excluding tert-OH is 4. The molecule has 0 spiro atoms. The zero-order valence-corrected chi connectivity index (χ0v) is 42.8. The molecule has 0 fully saturated rings. The van der Waals surface area contributed by atoms with Gasteiger partial charge in [-0.3, -0.25) is 0 Å². The molecule has 0 amide bonds. The lowest BCUT2D eigenvalue weighted by atomic mass is 9.70. The topological polar surface area (TPSA) is 431 Å². The summed E-state index contributed by atoms with van der Waals surface area (Å²) in [6.45, 7) is 0. The van der Waals surface area contributed by atoms with Crippen molar-refractivity contribution in [1.82, 2.24) is 0 Å². The summed E-state index contributed by atoms with van der Waals surface area (Å²) in [6, 6.07) is 18.2. The molecule has 0 saturated carbocycles. The molecule has 2 bridgehead atoms. The van der Waals surface area contributed by atoms with Gasteiger partial charge in [0.1, 0.15) is 93.4 Å². The van der Waals surface area contributed by atoms with Gasteiger partial charge in [-0.2, -0.15) is 0 Å². The molecule has 0 aromatic heterocycles. The third-order valence-electron chi connectivity index (χ3n) is 16.4. The van der Waals surface area contributed by atoms with E-state index in [1.54, 1.807) is 0 Å². The summed E-state index contributed by atoms with van der Waals surface area (Å²) in [7, 11) is 0. The van der Waals surface area contributed by atoms with Crippen LogP contribution < -0.4 is 23.7 Å². The van der Waals surface area contributed by atoms with Crippen LogP contribution in [0.2, 0.25) is 0 Å². The highest BCUT2D eigenvalue weighted by Gasteiger charge is 2.62. The van der Waals surface area contributed by atoms with Crippen molar-refractivity contribution in [2.75, 3.05) is 0 Å². The van der Waals surface area contributed by atoms with Gasteiger partial charge in [-0.1, -0.05) is 18.2 Å². The third kappa shape index (κ3) is 7.68. The minimum atomic E-state index is -2.72. The minimum Gasteiger partial charge on any atom is -0.508 e. The number of aromatic hydroxyl groups is 15. The smallest absolute Gasteiger partial charge is 0.305 e. The second-order valence-corrected chi connectivity index (χ2v) is 21.2. The van der Waals surface area contributed by atoms with Gasteiger partial charge in [0.05, 0.1) is 23.9 Å². The van der Waals surface area contributed by atoms with E-state index in [0.717, 1.165) is 78.9 Å². The molecule has 0 unspecified atom stereocenters. The fourth-order valence-corrected chi connectivity index (χ4v) is 12.5. The molecule has 432 valence electrons. The summed E-state index contributed by atoms with van der Waals surface area (Å²) in [5.41, 5.74) is -2.64. The maximum atomic E-state index is 13.2. The molecule has 19 N–H and O–H groups in total. The lowest BCUT2D eigenvalue weighted by Crippen LogP contribution is -2.58. The van der Waals surface area contributed by atoms with Gasteiger partial charge in [-0.05, 0) is 71.3 Å². The third-order valence-corrected chi connectivity index (χ3v) is 16.4. The van der Waals surface area contributed by atoms with Crippen LogP contribution in [-0.4, -0.2) is 121 Å². The van der Waals surface area contributed by atoms with Crippen molar-refractivity contribution >= 4 is 0 Å². The first-order valence-corrected chi connectivity index (χ1v) is 25.8. The first-order chi connectivity index (χ1) is 40.0. The molecule has 8 aromatic carbocycles. The predicted octanol–water partition coefficient (Wildman–Crippen LogP) is 5.69. The van der Waals surface area contributed by atoms with Gasteiger partial charge in [0.25, 0.3) is 0 Å². The summed E-state index contributed by atoms with van der Waals surface area (Å²) in [5.74, 6) is -20.4. The van der Waals surface area contributed by atoms with Crippen LogP contribution in [0.15, 0.2) is 103 Å². The Morgan fingerprint density at radius 2 is 0.786 bits per heavy atom.